The lowest BCUT2D eigenvalue weighted by Crippen LogP contribution is -2.37. The summed E-state index contributed by atoms with van der Waals surface area (Å²) in [6.07, 6.45) is 0.223. The molecule has 1 unspecified atom stereocenters. The van der Waals surface area contributed by atoms with Gasteiger partial charge in [0.2, 0.25) is 11.8 Å². The fourth-order valence-corrected chi connectivity index (χ4v) is 0.956. The molecule has 0 saturated heterocycles. The lowest BCUT2D eigenvalue weighted by Gasteiger charge is -2.19. The van der Waals surface area contributed by atoms with Crippen LogP contribution in [0.4, 0.5) is 0 Å². The van der Waals surface area contributed by atoms with Crippen LogP contribution >= 0.6 is 0 Å². The Labute approximate surface area is 90.7 Å². The maximum Gasteiger partial charge on any atom is 0.241 e. The van der Waals surface area contributed by atoms with Crippen molar-refractivity contribution in [3.8, 4) is 0 Å². The summed E-state index contributed by atoms with van der Waals surface area (Å²) in [5.41, 5.74) is 0. The molecular weight excluding hydrogens is 196 g/mol. The van der Waals surface area contributed by atoms with Crippen LogP contribution in [0.2, 0.25) is 0 Å². The normalized spacial score (nSPS) is 12.1. The second-order valence-electron chi connectivity index (χ2n) is 3.93. The summed E-state index contributed by atoms with van der Waals surface area (Å²) in [6.45, 7) is 1.73. The van der Waals surface area contributed by atoms with E-state index in [0.29, 0.717) is 6.42 Å². The Balaban J connectivity index is 3.94. The summed E-state index contributed by atoms with van der Waals surface area (Å²) >= 11 is 0. The van der Waals surface area contributed by atoms with Gasteiger partial charge in [-0.2, -0.15) is 0 Å². The first-order valence-corrected chi connectivity index (χ1v) is 4.96. The molecule has 0 spiro atoms. The molecule has 88 valence electrons. The predicted molar refractivity (Wildman–Crippen MR) is 57.2 cm³/mol. The van der Waals surface area contributed by atoms with E-state index in [1.54, 1.807) is 28.1 Å². The van der Waals surface area contributed by atoms with E-state index in [9.17, 15) is 9.59 Å². The van der Waals surface area contributed by atoms with Gasteiger partial charge in [-0.1, -0.05) is 0 Å². The smallest absolute Gasteiger partial charge is 0.241 e. The van der Waals surface area contributed by atoms with E-state index in [2.05, 4.69) is 0 Å². The highest BCUT2D eigenvalue weighted by Crippen LogP contribution is 2.00. The van der Waals surface area contributed by atoms with Gasteiger partial charge >= 0.3 is 0 Å². The van der Waals surface area contributed by atoms with Gasteiger partial charge in [0.15, 0.2) is 0 Å². The van der Waals surface area contributed by atoms with Gasteiger partial charge < -0.3 is 14.9 Å². The average molecular weight is 216 g/mol. The van der Waals surface area contributed by atoms with E-state index in [0.717, 1.165) is 0 Å². The molecule has 15 heavy (non-hydrogen) atoms. The largest absolute Gasteiger partial charge is 0.393 e. The van der Waals surface area contributed by atoms with Crippen molar-refractivity contribution in [3.05, 3.63) is 0 Å². The number of rotatable bonds is 5. The van der Waals surface area contributed by atoms with Crippen molar-refractivity contribution < 1.29 is 14.7 Å². The number of carbonyl (C=O) groups excluding carboxylic acids is 2. The van der Waals surface area contributed by atoms with Crippen LogP contribution in [0, 0.1) is 0 Å². The van der Waals surface area contributed by atoms with E-state index in [-0.39, 0.29) is 24.8 Å². The highest BCUT2D eigenvalue weighted by atomic mass is 16.3. The summed E-state index contributed by atoms with van der Waals surface area (Å²) in [4.78, 5) is 25.6. The minimum absolute atomic E-state index is 0.0889. The number of likely N-dealkylation sites (N-methyl/N-ethyl adjacent to an activating group) is 2. The maximum absolute atomic E-state index is 11.4. The minimum atomic E-state index is -0.480. The summed E-state index contributed by atoms with van der Waals surface area (Å²) in [5.74, 6) is -0.228. The first-order valence-electron chi connectivity index (χ1n) is 4.96. The lowest BCUT2D eigenvalue weighted by atomic mass is 10.2. The van der Waals surface area contributed by atoms with E-state index in [4.69, 9.17) is 5.11 Å². The van der Waals surface area contributed by atoms with Gasteiger partial charge in [-0.25, -0.2) is 0 Å². The molecule has 1 N–H and O–H groups in total. The van der Waals surface area contributed by atoms with E-state index < -0.39 is 6.10 Å². The molecule has 0 bridgehead atoms. The molecule has 0 rings (SSSR count). The van der Waals surface area contributed by atoms with E-state index in [1.807, 2.05) is 0 Å². The monoisotopic (exact) mass is 216 g/mol. The number of carbonyl (C=O) groups is 2. The van der Waals surface area contributed by atoms with Crippen LogP contribution in [0.1, 0.15) is 19.8 Å². The number of nitrogens with zero attached hydrogens (tertiary/aromatic N) is 2. The van der Waals surface area contributed by atoms with Crippen molar-refractivity contribution in [1.82, 2.24) is 9.80 Å². The van der Waals surface area contributed by atoms with Crippen LogP contribution in [0.3, 0.4) is 0 Å². The fourth-order valence-electron chi connectivity index (χ4n) is 0.956. The molecule has 1 atom stereocenters. The van der Waals surface area contributed by atoms with Crippen molar-refractivity contribution in [2.75, 3.05) is 27.7 Å². The quantitative estimate of drug-likeness (QED) is 0.686. The van der Waals surface area contributed by atoms with Crippen LogP contribution in [-0.2, 0) is 9.59 Å². The van der Waals surface area contributed by atoms with Crippen LogP contribution in [0.5, 0.6) is 0 Å². The zero-order valence-corrected chi connectivity index (χ0v) is 9.86. The molecule has 2 amide bonds. The zero-order chi connectivity index (χ0) is 12.0. The number of aliphatic hydroxyl groups excluding tert-OH is 1. The highest BCUT2D eigenvalue weighted by molar-refractivity contribution is 5.84. The highest BCUT2D eigenvalue weighted by Gasteiger charge is 2.14. The molecule has 5 nitrogen and oxygen atoms in total. The SMILES string of the molecule is CC(O)CCC(=O)N(C)CC(=O)N(C)C. The standard InChI is InChI=1S/C10H20N2O3/c1-8(13)5-6-9(14)12(4)7-10(15)11(2)3/h8,13H,5-7H2,1-4H3. The van der Waals surface area contributed by atoms with Gasteiger partial charge in [0.05, 0.1) is 12.6 Å². The molecule has 0 aromatic heterocycles. The Morgan fingerprint density at radius 2 is 1.73 bits per heavy atom. The van der Waals surface area contributed by atoms with Gasteiger partial charge in [0.25, 0.3) is 0 Å². The van der Waals surface area contributed by atoms with Crippen molar-refractivity contribution in [2.45, 2.75) is 25.9 Å². The summed E-state index contributed by atoms with van der Waals surface area (Å²) < 4.78 is 0. The third-order valence-electron chi connectivity index (χ3n) is 2.07. The van der Waals surface area contributed by atoms with Crippen LogP contribution < -0.4 is 0 Å². The van der Waals surface area contributed by atoms with Crippen LogP contribution in [0.25, 0.3) is 0 Å². The number of hydrogen-bond donors (Lipinski definition) is 1. The van der Waals surface area contributed by atoms with Crippen molar-refractivity contribution in [2.24, 2.45) is 0 Å². The van der Waals surface area contributed by atoms with Crippen molar-refractivity contribution >= 4 is 11.8 Å². The van der Waals surface area contributed by atoms with Crippen molar-refractivity contribution in [1.29, 1.82) is 0 Å². The molecule has 0 saturated carbocycles. The maximum atomic E-state index is 11.4. The summed E-state index contributed by atoms with van der Waals surface area (Å²) in [7, 11) is 4.89. The van der Waals surface area contributed by atoms with Crippen LogP contribution in [0.15, 0.2) is 0 Å². The Kier molecular flexibility index (Phi) is 5.93. The predicted octanol–water partition coefficient (Wildman–Crippen LogP) is -0.306. The molecule has 0 fully saturated rings. The molecular formula is C10H20N2O3. The van der Waals surface area contributed by atoms with E-state index >= 15 is 0 Å². The molecule has 0 aliphatic heterocycles. The van der Waals surface area contributed by atoms with Crippen molar-refractivity contribution in [3.63, 3.8) is 0 Å². The number of amides is 2. The molecule has 0 aromatic carbocycles. The third-order valence-corrected chi connectivity index (χ3v) is 2.07. The fraction of sp³-hybridized carbons (Fsp3) is 0.800. The van der Waals surface area contributed by atoms with E-state index in [1.165, 1.54) is 9.80 Å². The first-order chi connectivity index (χ1) is 6.84. The second kappa shape index (κ2) is 6.40. The minimum Gasteiger partial charge on any atom is -0.393 e. The first kappa shape index (κ1) is 13.9. The zero-order valence-electron chi connectivity index (χ0n) is 9.86. The van der Waals surface area contributed by atoms with Gasteiger partial charge in [-0.05, 0) is 13.3 Å². The number of aliphatic hydroxyl groups is 1. The average Bonchev–Trinajstić information content (AvgIpc) is 2.13. The molecule has 0 heterocycles. The molecule has 0 aromatic rings. The Hall–Kier alpha value is -1.10. The summed E-state index contributed by atoms with van der Waals surface area (Å²) in [5, 5.41) is 9.01. The number of hydrogen-bond acceptors (Lipinski definition) is 3. The Morgan fingerprint density at radius 1 is 1.20 bits per heavy atom. The van der Waals surface area contributed by atoms with Gasteiger partial charge in [0, 0.05) is 27.6 Å². The van der Waals surface area contributed by atoms with Gasteiger partial charge in [-0.3, -0.25) is 9.59 Å². The molecule has 0 aliphatic carbocycles. The van der Waals surface area contributed by atoms with Gasteiger partial charge in [0.1, 0.15) is 0 Å². The Bertz CT molecular complexity index is 227. The third kappa shape index (κ3) is 6.06. The second-order valence-corrected chi connectivity index (χ2v) is 3.93. The molecule has 0 radical (unpaired) electrons. The molecule has 0 aliphatic rings. The van der Waals surface area contributed by atoms with Gasteiger partial charge in [-0.15, -0.1) is 0 Å². The molecule has 5 heteroatoms. The lowest BCUT2D eigenvalue weighted by molar-refractivity contribution is -0.138. The Morgan fingerprint density at radius 3 is 2.13 bits per heavy atom. The van der Waals surface area contributed by atoms with Crippen LogP contribution in [-0.4, -0.2) is 60.5 Å². The summed E-state index contributed by atoms with van der Waals surface area (Å²) in [6, 6.07) is 0. The topological polar surface area (TPSA) is 60.9 Å².